The first-order valence-electron chi connectivity index (χ1n) is 7.89. The summed E-state index contributed by atoms with van der Waals surface area (Å²) in [6, 6.07) is 8.05. The van der Waals surface area contributed by atoms with E-state index in [1.54, 1.807) is 19.1 Å². The number of amides is 1. The van der Waals surface area contributed by atoms with Crippen LogP contribution in [-0.2, 0) is 21.2 Å². The first-order valence-corrected chi connectivity index (χ1v) is 9.33. The number of sulfonamides is 1. The first-order chi connectivity index (χ1) is 12.1. The summed E-state index contributed by atoms with van der Waals surface area (Å²) < 4.78 is 52.9. The van der Waals surface area contributed by atoms with Gasteiger partial charge in [0.2, 0.25) is 15.9 Å². The molecule has 26 heavy (non-hydrogen) atoms. The van der Waals surface area contributed by atoms with E-state index < -0.39 is 27.6 Å². The largest absolute Gasteiger partial charge is 0.326 e. The van der Waals surface area contributed by atoms with Crippen LogP contribution in [0.5, 0.6) is 0 Å². The van der Waals surface area contributed by atoms with E-state index in [1.165, 1.54) is 26.2 Å². The van der Waals surface area contributed by atoms with Gasteiger partial charge < -0.3 is 5.32 Å². The molecule has 2 aromatic carbocycles. The van der Waals surface area contributed by atoms with Crippen molar-refractivity contribution in [1.82, 2.24) is 4.31 Å². The number of halogens is 2. The number of anilines is 1. The van der Waals surface area contributed by atoms with Crippen LogP contribution in [0.3, 0.4) is 0 Å². The molecule has 8 heteroatoms. The van der Waals surface area contributed by atoms with Crippen molar-refractivity contribution in [2.45, 2.75) is 24.7 Å². The predicted molar refractivity (Wildman–Crippen MR) is 95.4 cm³/mol. The number of benzene rings is 2. The van der Waals surface area contributed by atoms with Crippen LogP contribution in [0.1, 0.15) is 17.5 Å². The number of nitrogens with one attached hydrogen (secondary N) is 1. The monoisotopic (exact) mass is 382 g/mol. The molecule has 0 aromatic heterocycles. The zero-order valence-electron chi connectivity index (χ0n) is 14.7. The Balaban J connectivity index is 2.13. The van der Waals surface area contributed by atoms with Crippen molar-refractivity contribution in [3.8, 4) is 0 Å². The van der Waals surface area contributed by atoms with Crippen LogP contribution in [0.4, 0.5) is 14.5 Å². The van der Waals surface area contributed by atoms with Crippen LogP contribution in [0.25, 0.3) is 0 Å². The second-order valence-electron chi connectivity index (χ2n) is 6.02. The van der Waals surface area contributed by atoms with Gasteiger partial charge in [-0.1, -0.05) is 12.1 Å². The molecule has 1 N–H and O–H groups in total. The van der Waals surface area contributed by atoms with Gasteiger partial charge in [-0.25, -0.2) is 21.5 Å². The molecule has 5 nitrogen and oxygen atoms in total. The van der Waals surface area contributed by atoms with Crippen molar-refractivity contribution < 1.29 is 22.0 Å². The van der Waals surface area contributed by atoms with Crippen molar-refractivity contribution in [1.29, 1.82) is 0 Å². The van der Waals surface area contributed by atoms with Crippen molar-refractivity contribution in [2.75, 3.05) is 19.4 Å². The summed E-state index contributed by atoms with van der Waals surface area (Å²) in [6.07, 6.45) is -0.236. The highest BCUT2D eigenvalue weighted by atomic mass is 32.2. The Morgan fingerprint density at radius 2 is 1.73 bits per heavy atom. The maximum Gasteiger partial charge on any atom is 0.242 e. The molecule has 1 amide bonds. The molecular formula is C18H20F2N2O3S. The molecule has 0 unspecified atom stereocenters. The van der Waals surface area contributed by atoms with Gasteiger partial charge in [0.15, 0.2) is 0 Å². The van der Waals surface area contributed by atoms with Gasteiger partial charge in [-0.15, -0.1) is 0 Å². The molecule has 2 rings (SSSR count). The maximum absolute atomic E-state index is 13.6. The second-order valence-corrected chi connectivity index (χ2v) is 8.14. The Morgan fingerprint density at radius 3 is 2.31 bits per heavy atom. The Morgan fingerprint density at radius 1 is 1.12 bits per heavy atom. The van der Waals surface area contributed by atoms with Gasteiger partial charge in [-0.2, -0.15) is 0 Å². The lowest BCUT2D eigenvalue weighted by molar-refractivity contribution is -0.116. The molecule has 2 aromatic rings. The lowest BCUT2D eigenvalue weighted by atomic mass is 10.1. The van der Waals surface area contributed by atoms with E-state index in [1.807, 2.05) is 0 Å². The number of rotatable bonds is 6. The highest BCUT2D eigenvalue weighted by Crippen LogP contribution is 2.23. The van der Waals surface area contributed by atoms with Crippen LogP contribution in [0, 0.1) is 18.6 Å². The molecule has 0 saturated heterocycles. The molecule has 0 heterocycles. The van der Waals surface area contributed by atoms with Crippen molar-refractivity contribution in [3.63, 3.8) is 0 Å². The lowest BCUT2D eigenvalue weighted by Crippen LogP contribution is -2.23. The average molecular weight is 382 g/mol. The molecule has 0 bridgehead atoms. The number of carbonyl (C=O) groups is 1. The molecule has 0 aliphatic heterocycles. The topological polar surface area (TPSA) is 66.5 Å². The van der Waals surface area contributed by atoms with Gasteiger partial charge in [-0.05, 0) is 43.2 Å². The highest BCUT2D eigenvalue weighted by Gasteiger charge is 2.20. The van der Waals surface area contributed by atoms with E-state index in [-0.39, 0.29) is 23.3 Å². The van der Waals surface area contributed by atoms with Gasteiger partial charge in [-0.3, -0.25) is 4.79 Å². The van der Waals surface area contributed by atoms with E-state index in [9.17, 15) is 22.0 Å². The van der Waals surface area contributed by atoms with E-state index in [0.717, 1.165) is 16.4 Å². The number of hydrogen-bond acceptors (Lipinski definition) is 3. The fraction of sp³-hybridized carbons (Fsp3) is 0.278. The normalized spacial score (nSPS) is 11.6. The number of carbonyl (C=O) groups excluding carboxylic acids is 1. The smallest absolute Gasteiger partial charge is 0.242 e. The number of hydrogen-bond donors (Lipinski definition) is 1. The summed E-state index contributed by atoms with van der Waals surface area (Å²) in [7, 11) is -0.810. The standard InChI is InChI=1S/C18H20F2N2O3S/c1-12-7-8-13(11-17(12)26(24,25)22(2)3)21-18(23)10-9-14-15(19)5-4-6-16(14)20/h4-8,11H,9-10H2,1-3H3,(H,21,23). The minimum Gasteiger partial charge on any atom is -0.326 e. The zero-order chi connectivity index (χ0) is 19.5. The molecule has 0 aliphatic carbocycles. The third kappa shape index (κ3) is 4.44. The van der Waals surface area contributed by atoms with Crippen LogP contribution in [0.2, 0.25) is 0 Å². The number of nitrogens with zero attached hydrogens (tertiary/aromatic N) is 1. The van der Waals surface area contributed by atoms with Crippen molar-refractivity contribution in [2.24, 2.45) is 0 Å². The van der Waals surface area contributed by atoms with Crippen LogP contribution in [-0.4, -0.2) is 32.7 Å². The Hall–Kier alpha value is -2.32. The fourth-order valence-corrected chi connectivity index (χ4v) is 3.53. The van der Waals surface area contributed by atoms with Gasteiger partial charge >= 0.3 is 0 Å². The molecule has 0 radical (unpaired) electrons. The van der Waals surface area contributed by atoms with Gasteiger partial charge in [0.05, 0.1) is 4.90 Å². The van der Waals surface area contributed by atoms with Crippen LogP contribution in [0.15, 0.2) is 41.3 Å². The van der Waals surface area contributed by atoms with Gasteiger partial charge in [0.25, 0.3) is 0 Å². The van der Waals surface area contributed by atoms with Gasteiger partial charge in [0, 0.05) is 31.8 Å². The molecular weight excluding hydrogens is 362 g/mol. The van der Waals surface area contributed by atoms with E-state index in [0.29, 0.717) is 11.3 Å². The zero-order valence-corrected chi connectivity index (χ0v) is 15.5. The van der Waals surface area contributed by atoms with E-state index in [4.69, 9.17) is 0 Å². The van der Waals surface area contributed by atoms with E-state index in [2.05, 4.69) is 5.32 Å². The van der Waals surface area contributed by atoms with Crippen molar-refractivity contribution >= 4 is 21.6 Å². The molecule has 0 aliphatic rings. The third-order valence-electron chi connectivity index (χ3n) is 3.89. The Bertz CT molecular complexity index is 908. The molecule has 140 valence electrons. The van der Waals surface area contributed by atoms with Crippen molar-refractivity contribution in [3.05, 3.63) is 59.2 Å². The lowest BCUT2D eigenvalue weighted by Gasteiger charge is -2.15. The fourth-order valence-electron chi connectivity index (χ4n) is 2.39. The molecule has 0 fully saturated rings. The Labute approximate surface area is 151 Å². The minimum absolute atomic E-state index is 0.0837. The Kier molecular flexibility index (Phi) is 6.09. The number of aryl methyl sites for hydroxylation is 1. The summed E-state index contributed by atoms with van der Waals surface area (Å²) in [5.41, 5.74) is 0.697. The second kappa shape index (κ2) is 7.92. The minimum atomic E-state index is -3.65. The van der Waals surface area contributed by atoms with E-state index >= 15 is 0 Å². The predicted octanol–water partition coefficient (Wildman–Crippen LogP) is 3.09. The third-order valence-corrected chi connectivity index (χ3v) is 5.85. The van der Waals surface area contributed by atoms with Crippen LogP contribution >= 0.6 is 0 Å². The van der Waals surface area contributed by atoms with Crippen LogP contribution < -0.4 is 5.32 Å². The highest BCUT2D eigenvalue weighted by molar-refractivity contribution is 7.89. The summed E-state index contributed by atoms with van der Waals surface area (Å²) in [4.78, 5) is 12.2. The summed E-state index contributed by atoms with van der Waals surface area (Å²) in [5, 5.41) is 2.56. The summed E-state index contributed by atoms with van der Waals surface area (Å²) in [5.74, 6) is -1.87. The van der Waals surface area contributed by atoms with Gasteiger partial charge in [0.1, 0.15) is 11.6 Å². The molecule has 0 atom stereocenters. The molecule has 0 spiro atoms. The quantitative estimate of drug-likeness (QED) is 0.835. The maximum atomic E-state index is 13.6. The SMILES string of the molecule is Cc1ccc(NC(=O)CCc2c(F)cccc2F)cc1S(=O)(=O)N(C)C. The average Bonchev–Trinajstić information content (AvgIpc) is 2.56. The summed E-state index contributed by atoms with van der Waals surface area (Å²) in [6.45, 7) is 1.66. The first kappa shape index (κ1) is 20.0. The summed E-state index contributed by atoms with van der Waals surface area (Å²) >= 11 is 0. The molecule has 0 saturated carbocycles.